The Morgan fingerprint density at radius 3 is 2.78 bits per heavy atom. The van der Waals surface area contributed by atoms with Crippen molar-refractivity contribution in [1.29, 1.82) is 0 Å². The molecule has 1 aromatic carbocycles. The van der Waals surface area contributed by atoms with Crippen molar-refractivity contribution in [3.05, 3.63) is 48.3 Å². The number of rotatable bonds is 7. The molecule has 27 heavy (non-hydrogen) atoms. The number of benzene rings is 1. The van der Waals surface area contributed by atoms with Gasteiger partial charge in [-0.1, -0.05) is 44.2 Å². The lowest BCUT2D eigenvalue weighted by molar-refractivity contribution is 0.208. The van der Waals surface area contributed by atoms with E-state index >= 15 is 0 Å². The quantitative estimate of drug-likeness (QED) is 0.777. The first-order chi connectivity index (χ1) is 13.0. The van der Waals surface area contributed by atoms with Crippen molar-refractivity contribution in [2.24, 2.45) is 5.92 Å². The summed E-state index contributed by atoms with van der Waals surface area (Å²) in [6.45, 7) is 8.88. The highest BCUT2D eigenvalue weighted by molar-refractivity contribution is 5.49. The van der Waals surface area contributed by atoms with Crippen LogP contribution in [0.4, 0.5) is 11.6 Å². The van der Waals surface area contributed by atoms with E-state index in [4.69, 9.17) is 0 Å². The monoisotopic (exact) mass is 368 g/mol. The van der Waals surface area contributed by atoms with Gasteiger partial charge in [0.1, 0.15) is 18.0 Å². The zero-order valence-corrected chi connectivity index (χ0v) is 16.7. The number of anilines is 2. The predicted octanol–water partition coefficient (Wildman–Crippen LogP) is 3.85. The first kappa shape index (κ1) is 19.6. The summed E-state index contributed by atoms with van der Waals surface area (Å²) in [6, 6.07) is 13.0. The summed E-state index contributed by atoms with van der Waals surface area (Å²) >= 11 is 0. The third kappa shape index (κ3) is 5.19. The van der Waals surface area contributed by atoms with E-state index in [-0.39, 0.29) is 18.1 Å². The van der Waals surface area contributed by atoms with Crippen LogP contribution in [-0.2, 0) is 5.41 Å². The van der Waals surface area contributed by atoms with Gasteiger partial charge in [-0.25, -0.2) is 9.97 Å². The van der Waals surface area contributed by atoms with Gasteiger partial charge in [-0.15, -0.1) is 0 Å². The second-order valence-electron chi connectivity index (χ2n) is 8.40. The van der Waals surface area contributed by atoms with Crippen molar-refractivity contribution in [3.63, 3.8) is 0 Å². The lowest BCUT2D eigenvalue weighted by Crippen LogP contribution is -2.37. The highest BCUT2D eigenvalue weighted by atomic mass is 16.3. The summed E-state index contributed by atoms with van der Waals surface area (Å²) < 4.78 is 0. The van der Waals surface area contributed by atoms with E-state index in [1.165, 1.54) is 5.56 Å². The highest BCUT2D eigenvalue weighted by Gasteiger charge is 2.24. The fraction of sp³-hybridized carbons (Fsp3) is 0.545. The molecule has 146 valence electrons. The van der Waals surface area contributed by atoms with Crippen LogP contribution in [0.1, 0.15) is 45.6 Å². The molecule has 2 aromatic rings. The summed E-state index contributed by atoms with van der Waals surface area (Å²) in [6.07, 6.45) is 4.83. The van der Waals surface area contributed by atoms with Gasteiger partial charge in [0.2, 0.25) is 0 Å². The summed E-state index contributed by atoms with van der Waals surface area (Å²) in [4.78, 5) is 11.1. The lowest BCUT2D eigenvalue weighted by atomic mass is 9.79. The molecule has 0 aliphatic carbocycles. The van der Waals surface area contributed by atoms with E-state index < -0.39 is 0 Å². The minimum atomic E-state index is 0.0880. The molecule has 1 aliphatic heterocycles. The number of hydrogen-bond donors (Lipinski definition) is 2. The van der Waals surface area contributed by atoms with E-state index in [0.29, 0.717) is 5.92 Å². The average molecular weight is 369 g/mol. The Bertz CT molecular complexity index is 719. The molecule has 3 rings (SSSR count). The molecule has 1 saturated heterocycles. The number of nitrogens with one attached hydrogen (secondary N) is 1. The van der Waals surface area contributed by atoms with Gasteiger partial charge in [-0.2, -0.15) is 0 Å². The topological polar surface area (TPSA) is 61.3 Å². The second-order valence-corrected chi connectivity index (χ2v) is 8.40. The van der Waals surface area contributed by atoms with Crippen LogP contribution in [0.15, 0.2) is 42.7 Å². The summed E-state index contributed by atoms with van der Waals surface area (Å²) in [5.41, 5.74) is 1.44. The molecule has 2 heterocycles. The number of aromatic nitrogens is 2. The Morgan fingerprint density at radius 2 is 2.04 bits per heavy atom. The van der Waals surface area contributed by atoms with Gasteiger partial charge in [0, 0.05) is 31.8 Å². The maximum Gasteiger partial charge on any atom is 0.134 e. The first-order valence-corrected chi connectivity index (χ1v) is 9.98. The molecule has 0 bridgehead atoms. The van der Waals surface area contributed by atoms with Crippen LogP contribution in [0.3, 0.4) is 0 Å². The van der Waals surface area contributed by atoms with Gasteiger partial charge in [0.25, 0.3) is 0 Å². The molecule has 0 amide bonds. The zero-order chi connectivity index (χ0) is 19.3. The van der Waals surface area contributed by atoms with Crippen LogP contribution in [0.5, 0.6) is 0 Å². The van der Waals surface area contributed by atoms with Crippen molar-refractivity contribution in [1.82, 2.24) is 9.97 Å². The molecule has 0 radical (unpaired) electrons. The largest absolute Gasteiger partial charge is 0.396 e. The number of hydrogen-bond acceptors (Lipinski definition) is 5. The molecule has 0 spiro atoms. The first-order valence-electron chi connectivity index (χ1n) is 9.98. The fourth-order valence-electron chi connectivity index (χ4n) is 4.10. The molecular formula is C22H32N4O. The van der Waals surface area contributed by atoms with Gasteiger partial charge in [0.05, 0.1) is 0 Å². The van der Waals surface area contributed by atoms with E-state index in [9.17, 15) is 5.11 Å². The van der Waals surface area contributed by atoms with Gasteiger partial charge in [-0.3, -0.25) is 0 Å². The smallest absolute Gasteiger partial charge is 0.134 e. The normalized spacial score (nSPS) is 19.0. The average Bonchev–Trinajstić information content (AvgIpc) is 2.68. The van der Waals surface area contributed by atoms with Crippen molar-refractivity contribution in [2.75, 3.05) is 29.9 Å². The van der Waals surface area contributed by atoms with Crippen molar-refractivity contribution in [3.8, 4) is 0 Å². The van der Waals surface area contributed by atoms with Crippen LogP contribution in [-0.4, -0.2) is 40.8 Å². The van der Waals surface area contributed by atoms with Gasteiger partial charge in [0.15, 0.2) is 0 Å². The second kappa shape index (κ2) is 8.70. The zero-order valence-electron chi connectivity index (χ0n) is 16.7. The third-order valence-corrected chi connectivity index (χ3v) is 5.52. The maximum absolute atomic E-state index is 9.46. The molecule has 1 aliphatic rings. The standard InChI is InChI=1S/C22H32N4O/c1-17(13-22(2,3)19-9-5-4-6-10-19)25-20-12-21(24-16-23-20)26-11-7-8-18(14-26)15-27/h4-6,9-10,12,16-18,27H,7-8,11,13-15H2,1-3H3,(H,23,24,25). The Labute approximate surface area is 162 Å². The number of aliphatic hydroxyl groups is 1. The predicted molar refractivity (Wildman–Crippen MR) is 111 cm³/mol. The number of piperidine rings is 1. The van der Waals surface area contributed by atoms with Crippen LogP contribution >= 0.6 is 0 Å². The Hall–Kier alpha value is -2.14. The fourth-order valence-corrected chi connectivity index (χ4v) is 4.10. The van der Waals surface area contributed by atoms with Crippen molar-refractivity contribution >= 4 is 11.6 Å². The van der Waals surface area contributed by atoms with Crippen LogP contribution in [0, 0.1) is 5.92 Å². The Balaban J connectivity index is 1.63. The molecule has 2 N–H and O–H groups in total. The van der Waals surface area contributed by atoms with E-state index in [0.717, 1.165) is 44.0 Å². The maximum atomic E-state index is 9.46. The van der Waals surface area contributed by atoms with Crippen LogP contribution in [0.25, 0.3) is 0 Å². The van der Waals surface area contributed by atoms with E-state index in [2.05, 4.69) is 71.3 Å². The lowest BCUT2D eigenvalue weighted by Gasteiger charge is -2.33. The van der Waals surface area contributed by atoms with E-state index in [1.54, 1.807) is 6.33 Å². The number of nitrogens with zero attached hydrogens (tertiary/aromatic N) is 3. The molecule has 0 saturated carbocycles. The summed E-state index contributed by atoms with van der Waals surface area (Å²) in [5.74, 6) is 2.15. The molecule has 5 nitrogen and oxygen atoms in total. The van der Waals surface area contributed by atoms with Gasteiger partial charge < -0.3 is 15.3 Å². The summed E-state index contributed by atoms with van der Waals surface area (Å²) in [5, 5.41) is 13.0. The minimum Gasteiger partial charge on any atom is -0.396 e. The molecule has 1 aromatic heterocycles. The number of aliphatic hydroxyl groups excluding tert-OH is 1. The minimum absolute atomic E-state index is 0.0880. The SMILES string of the molecule is CC(CC(C)(C)c1ccccc1)Nc1cc(N2CCCC(CO)C2)ncn1. The van der Waals surface area contributed by atoms with Gasteiger partial charge in [-0.05, 0) is 43.1 Å². The van der Waals surface area contributed by atoms with E-state index in [1.807, 2.05) is 6.07 Å². The molecule has 5 heteroatoms. The molecule has 2 unspecified atom stereocenters. The van der Waals surface area contributed by atoms with Gasteiger partial charge >= 0.3 is 0 Å². The van der Waals surface area contributed by atoms with Crippen molar-refractivity contribution in [2.45, 2.75) is 51.5 Å². The third-order valence-electron chi connectivity index (χ3n) is 5.52. The summed E-state index contributed by atoms with van der Waals surface area (Å²) in [7, 11) is 0. The molecular weight excluding hydrogens is 336 g/mol. The Morgan fingerprint density at radius 1 is 1.26 bits per heavy atom. The molecule has 1 fully saturated rings. The molecule has 2 atom stereocenters. The van der Waals surface area contributed by atoms with Crippen LogP contribution < -0.4 is 10.2 Å². The Kier molecular flexibility index (Phi) is 6.32. The van der Waals surface area contributed by atoms with Crippen LogP contribution in [0.2, 0.25) is 0 Å². The van der Waals surface area contributed by atoms with Crippen molar-refractivity contribution < 1.29 is 5.11 Å². The highest BCUT2D eigenvalue weighted by Crippen LogP contribution is 2.29.